The first-order valence-electron chi connectivity index (χ1n) is 10.0. The lowest BCUT2D eigenvalue weighted by Gasteiger charge is -2.36. The van der Waals surface area contributed by atoms with Gasteiger partial charge < -0.3 is 9.80 Å². The van der Waals surface area contributed by atoms with Crippen LogP contribution in [0.4, 0.5) is 0 Å². The zero-order valence-corrected chi connectivity index (χ0v) is 17.5. The van der Waals surface area contributed by atoms with E-state index in [4.69, 9.17) is 0 Å². The van der Waals surface area contributed by atoms with E-state index in [1.807, 2.05) is 24.8 Å². The first-order valence-corrected chi connectivity index (χ1v) is 11.5. The van der Waals surface area contributed by atoms with E-state index >= 15 is 0 Å². The number of amides is 1. The first kappa shape index (κ1) is 20.3. The highest BCUT2D eigenvalue weighted by atomic mass is 32.2. The van der Waals surface area contributed by atoms with Gasteiger partial charge in [-0.05, 0) is 56.9 Å². The van der Waals surface area contributed by atoms with Crippen LogP contribution in [0, 0.1) is 19.8 Å². The fourth-order valence-corrected chi connectivity index (χ4v) is 5.58. The summed E-state index contributed by atoms with van der Waals surface area (Å²) in [5.74, 6) is 0.174. The number of carbonyl (C=O) groups excluding carboxylic acids is 1. The molecule has 2 heterocycles. The molecule has 0 aliphatic carbocycles. The van der Waals surface area contributed by atoms with Gasteiger partial charge in [0.25, 0.3) is 0 Å². The number of carbonyl (C=O) groups is 1. The summed E-state index contributed by atoms with van der Waals surface area (Å²) < 4.78 is 27.4. The number of likely N-dealkylation sites (N-methyl/N-ethyl adjacent to an activating group) is 1. The van der Waals surface area contributed by atoms with Gasteiger partial charge in [-0.1, -0.05) is 6.07 Å². The molecule has 1 N–H and O–H groups in total. The molecule has 1 aromatic carbocycles. The maximum absolute atomic E-state index is 12.9. The third-order valence-corrected chi connectivity index (χ3v) is 8.10. The number of piperazine rings is 1. The highest BCUT2D eigenvalue weighted by Gasteiger charge is 2.35. The molecule has 0 saturated carbocycles. The van der Waals surface area contributed by atoms with Crippen molar-refractivity contribution in [2.24, 2.45) is 5.92 Å². The molecule has 2 saturated heterocycles. The van der Waals surface area contributed by atoms with Gasteiger partial charge in [0.1, 0.15) is 0 Å². The van der Waals surface area contributed by atoms with Crippen molar-refractivity contribution in [2.75, 3.05) is 45.8 Å². The Morgan fingerprint density at radius 1 is 1.07 bits per heavy atom. The number of rotatable bonds is 4. The molecule has 0 radical (unpaired) electrons. The van der Waals surface area contributed by atoms with Gasteiger partial charge in [-0.2, -0.15) is 4.31 Å². The number of nitrogens with zero attached hydrogens (tertiary/aromatic N) is 2. The van der Waals surface area contributed by atoms with Gasteiger partial charge in [-0.3, -0.25) is 4.79 Å². The second kappa shape index (κ2) is 8.29. The SMILES string of the molecule is CC[NH+]1CCN(C(=O)C2CCN(S(=O)(=O)c3ccc(C)c(C)c3)CC2)CC1. The minimum Gasteiger partial charge on any atom is -0.332 e. The number of hydrogen-bond acceptors (Lipinski definition) is 3. The molecule has 1 amide bonds. The third kappa shape index (κ3) is 4.36. The van der Waals surface area contributed by atoms with Gasteiger partial charge in [0, 0.05) is 19.0 Å². The number of benzene rings is 1. The molecule has 2 aliphatic rings. The summed E-state index contributed by atoms with van der Waals surface area (Å²) in [4.78, 5) is 16.7. The smallest absolute Gasteiger partial charge is 0.243 e. The van der Waals surface area contributed by atoms with Crippen LogP contribution in [0.2, 0.25) is 0 Å². The topological polar surface area (TPSA) is 62.1 Å². The van der Waals surface area contributed by atoms with Crippen molar-refractivity contribution in [3.05, 3.63) is 29.3 Å². The van der Waals surface area contributed by atoms with Crippen molar-refractivity contribution < 1.29 is 18.1 Å². The van der Waals surface area contributed by atoms with Gasteiger partial charge in [-0.25, -0.2) is 8.42 Å². The van der Waals surface area contributed by atoms with Crippen molar-refractivity contribution in [1.29, 1.82) is 0 Å². The average molecular weight is 395 g/mol. The summed E-state index contributed by atoms with van der Waals surface area (Å²) in [6.45, 7) is 11.7. The van der Waals surface area contributed by atoms with Gasteiger partial charge >= 0.3 is 0 Å². The van der Waals surface area contributed by atoms with Crippen LogP contribution in [0.25, 0.3) is 0 Å². The summed E-state index contributed by atoms with van der Waals surface area (Å²) in [6.07, 6.45) is 1.23. The van der Waals surface area contributed by atoms with Crippen LogP contribution in [0.5, 0.6) is 0 Å². The predicted molar refractivity (Wildman–Crippen MR) is 105 cm³/mol. The molecule has 27 heavy (non-hydrogen) atoms. The summed E-state index contributed by atoms with van der Waals surface area (Å²) in [7, 11) is -3.48. The number of piperidine rings is 1. The molecule has 7 heteroatoms. The molecule has 0 bridgehead atoms. The second-order valence-corrected chi connectivity index (χ2v) is 9.79. The van der Waals surface area contributed by atoms with Crippen LogP contribution in [-0.4, -0.2) is 69.3 Å². The Hall–Kier alpha value is -1.44. The van der Waals surface area contributed by atoms with E-state index in [0.717, 1.165) is 43.9 Å². The van der Waals surface area contributed by atoms with Crippen molar-refractivity contribution in [2.45, 2.75) is 38.5 Å². The quantitative estimate of drug-likeness (QED) is 0.807. The number of sulfonamides is 1. The lowest BCUT2D eigenvalue weighted by Crippen LogP contribution is -3.14. The monoisotopic (exact) mass is 394 g/mol. The third-order valence-electron chi connectivity index (χ3n) is 6.20. The van der Waals surface area contributed by atoms with Crippen LogP contribution in [0.1, 0.15) is 30.9 Å². The van der Waals surface area contributed by atoms with Gasteiger partial charge in [-0.15, -0.1) is 0 Å². The van der Waals surface area contributed by atoms with Crippen LogP contribution in [-0.2, 0) is 14.8 Å². The van der Waals surface area contributed by atoms with Gasteiger partial charge in [0.05, 0.1) is 37.6 Å². The molecule has 0 atom stereocenters. The zero-order chi connectivity index (χ0) is 19.6. The Bertz CT molecular complexity index is 778. The lowest BCUT2D eigenvalue weighted by atomic mass is 9.96. The Labute approximate surface area is 163 Å². The summed E-state index contributed by atoms with van der Waals surface area (Å²) in [5, 5.41) is 0. The highest BCUT2D eigenvalue weighted by Crippen LogP contribution is 2.26. The number of nitrogens with one attached hydrogen (secondary N) is 1. The molecular formula is C20H32N3O3S+. The van der Waals surface area contributed by atoms with E-state index in [0.29, 0.717) is 30.8 Å². The summed E-state index contributed by atoms with van der Waals surface area (Å²) in [5.41, 5.74) is 2.07. The number of quaternary nitrogens is 1. The van der Waals surface area contributed by atoms with E-state index in [2.05, 4.69) is 6.92 Å². The van der Waals surface area contributed by atoms with E-state index in [9.17, 15) is 13.2 Å². The Morgan fingerprint density at radius 2 is 1.70 bits per heavy atom. The predicted octanol–water partition coefficient (Wildman–Crippen LogP) is 0.451. The van der Waals surface area contributed by atoms with E-state index in [1.54, 1.807) is 21.3 Å². The number of aryl methyl sites for hydroxylation is 2. The van der Waals surface area contributed by atoms with Crippen molar-refractivity contribution >= 4 is 15.9 Å². The Kier molecular flexibility index (Phi) is 6.23. The minimum atomic E-state index is -3.48. The molecule has 6 nitrogen and oxygen atoms in total. The summed E-state index contributed by atoms with van der Waals surface area (Å²) in [6, 6.07) is 5.29. The van der Waals surface area contributed by atoms with Crippen LogP contribution < -0.4 is 4.90 Å². The largest absolute Gasteiger partial charge is 0.332 e. The fraction of sp³-hybridized carbons (Fsp3) is 0.650. The number of hydrogen-bond donors (Lipinski definition) is 1. The second-order valence-electron chi connectivity index (χ2n) is 7.85. The zero-order valence-electron chi connectivity index (χ0n) is 16.7. The molecule has 2 aliphatic heterocycles. The summed E-state index contributed by atoms with van der Waals surface area (Å²) >= 11 is 0. The highest BCUT2D eigenvalue weighted by molar-refractivity contribution is 7.89. The molecule has 2 fully saturated rings. The normalized spacial score (nSPS) is 20.8. The molecule has 0 unspecified atom stereocenters. The van der Waals surface area contributed by atoms with Crippen molar-refractivity contribution in [1.82, 2.24) is 9.21 Å². The van der Waals surface area contributed by atoms with Crippen LogP contribution in [0.15, 0.2) is 23.1 Å². The van der Waals surface area contributed by atoms with E-state index < -0.39 is 10.0 Å². The molecular weight excluding hydrogens is 362 g/mol. The molecule has 0 aromatic heterocycles. The molecule has 3 rings (SSSR count). The van der Waals surface area contributed by atoms with Gasteiger partial charge in [0.15, 0.2) is 0 Å². The standard InChI is InChI=1S/C20H31N3O3S/c1-4-21-11-13-22(14-12-21)20(24)18-7-9-23(10-8-18)27(25,26)19-6-5-16(2)17(3)15-19/h5-6,15,18H,4,7-14H2,1-3H3/p+1. The average Bonchev–Trinajstić information content (AvgIpc) is 2.69. The van der Waals surface area contributed by atoms with Crippen molar-refractivity contribution in [3.63, 3.8) is 0 Å². The van der Waals surface area contributed by atoms with E-state index in [-0.39, 0.29) is 11.8 Å². The van der Waals surface area contributed by atoms with Gasteiger partial charge in [0.2, 0.25) is 15.9 Å². The molecule has 0 spiro atoms. The van der Waals surface area contributed by atoms with Crippen molar-refractivity contribution in [3.8, 4) is 0 Å². The Morgan fingerprint density at radius 3 is 2.26 bits per heavy atom. The fourth-order valence-electron chi connectivity index (χ4n) is 4.02. The minimum absolute atomic E-state index is 0.0422. The lowest BCUT2D eigenvalue weighted by molar-refractivity contribution is -0.902. The Balaban J connectivity index is 1.59. The van der Waals surface area contributed by atoms with Crippen LogP contribution >= 0.6 is 0 Å². The molecule has 150 valence electrons. The van der Waals surface area contributed by atoms with E-state index in [1.165, 1.54) is 0 Å². The van der Waals surface area contributed by atoms with Crippen LogP contribution in [0.3, 0.4) is 0 Å². The maximum Gasteiger partial charge on any atom is 0.243 e. The maximum atomic E-state index is 12.9. The molecule has 1 aromatic rings. The first-order chi connectivity index (χ1) is 12.8.